The van der Waals surface area contributed by atoms with Crippen LogP contribution in [0.5, 0.6) is 0 Å². The second kappa shape index (κ2) is 10.7. The van der Waals surface area contributed by atoms with Gasteiger partial charge in [-0.2, -0.15) is 0 Å². The molecule has 3 heterocycles. The van der Waals surface area contributed by atoms with Crippen LogP contribution in [0.2, 0.25) is 0 Å². The summed E-state index contributed by atoms with van der Waals surface area (Å²) in [5.74, 6) is 1.48. The summed E-state index contributed by atoms with van der Waals surface area (Å²) in [4.78, 5) is 30.3. The fourth-order valence-corrected chi connectivity index (χ4v) is 6.47. The highest BCUT2D eigenvalue weighted by atomic mass is 32.2. The molecule has 4 nitrogen and oxygen atoms in total. The molecule has 2 aliphatic rings. The number of likely N-dealkylation sites (tertiary alicyclic amines) is 1. The third-order valence-electron chi connectivity index (χ3n) is 6.05. The molecule has 1 aromatic heterocycles. The highest BCUT2D eigenvalue weighted by Crippen LogP contribution is 2.44. The third kappa shape index (κ3) is 5.32. The molecule has 1 spiro atoms. The number of rotatable bonds is 9. The Bertz CT molecular complexity index is 624. The van der Waals surface area contributed by atoms with Gasteiger partial charge in [0.25, 0.3) is 5.91 Å². The van der Waals surface area contributed by atoms with Gasteiger partial charge in [-0.3, -0.25) is 9.59 Å². The number of unbranched alkanes of at least 4 members (excludes halogenated alkanes) is 6. The van der Waals surface area contributed by atoms with Crippen molar-refractivity contribution in [3.63, 3.8) is 0 Å². The van der Waals surface area contributed by atoms with Gasteiger partial charge in [0.1, 0.15) is 0 Å². The lowest BCUT2D eigenvalue weighted by Gasteiger charge is -2.44. The number of carbonyl (C=O) groups excluding carboxylic acids is 2. The van der Waals surface area contributed by atoms with Crippen LogP contribution in [-0.4, -0.2) is 51.9 Å². The van der Waals surface area contributed by atoms with E-state index in [0.29, 0.717) is 12.3 Å². The van der Waals surface area contributed by atoms with Crippen molar-refractivity contribution in [3.05, 3.63) is 22.4 Å². The van der Waals surface area contributed by atoms with Crippen molar-refractivity contribution in [3.8, 4) is 0 Å². The summed E-state index contributed by atoms with van der Waals surface area (Å²) in [6.45, 7) is 4.64. The minimum Gasteiger partial charge on any atom is -0.342 e. The van der Waals surface area contributed by atoms with Crippen molar-refractivity contribution >= 4 is 34.9 Å². The van der Waals surface area contributed by atoms with E-state index >= 15 is 0 Å². The number of carbonyl (C=O) groups is 2. The first kappa shape index (κ1) is 21.7. The summed E-state index contributed by atoms with van der Waals surface area (Å²) >= 11 is 3.44. The Morgan fingerprint density at radius 1 is 1.04 bits per heavy atom. The van der Waals surface area contributed by atoms with Gasteiger partial charge in [0.15, 0.2) is 0 Å². The van der Waals surface area contributed by atoms with Crippen LogP contribution in [0.3, 0.4) is 0 Å². The van der Waals surface area contributed by atoms with Crippen molar-refractivity contribution in [2.45, 2.75) is 76.0 Å². The van der Waals surface area contributed by atoms with Crippen LogP contribution in [0, 0.1) is 0 Å². The Labute approximate surface area is 178 Å². The Hall–Kier alpha value is -1.01. The summed E-state index contributed by atoms with van der Waals surface area (Å²) in [7, 11) is 0. The van der Waals surface area contributed by atoms with E-state index in [1.54, 1.807) is 0 Å². The van der Waals surface area contributed by atoms with Crippen LogP contribution in [-0.2, 0) is 4.79 Å². The molecule has 0 aliphatic carbocycles. The maximum atomic E-state index is 12.9. The molecule has 0 atom stereocenters. The van der Waals surface area contributed by atoms with E-state index in [-0.39, 0.29) is 10.8 Å². The van der Waals surface area contributed by atoms with Crippen molar-refractivity contribution in [1.82, 2.24) is 9.80 Å². The van der Waals surface area contributed by atoms with Gasteiger partial charge in [-0.05, 0) is 30.7 Å². The average molecular weight is 423 g/mol. The summed E-state index contributed by atoms with van der Waals surface area (Å²) in [5.41, 5.74) is 0. The third-order valence-corrected chi connectivity index (χ3v) is 8.46. The van der Waals surface area contributed by atoms with Crippen LogP contribution >= 0.6 is 23.1 Å². The van der Waals surface area contributed by atoms with Gasteiger partial charge >= 0.3 is 0 Å². The molecule has 2 saturated heterocycles. The molecule has 0 unspecified atom stereocenters. The van der Waals surface area contributed by atoms with E-state index in [0.717, 1.165) is 49.5 Å². The van der Waals surface area contributed by atoms with Gasteiger partial charge in [0, 0.05) is 31.8 Å². The molecule has 156 valence electrons. The zero-order chi connectivity index (χ0) is 19.8. The van der Waals surface area contributed by atoms with Crippen molar-refractivity contribution in [1.29, 1.82) is 0 Å². The summed E-state index contributed by atoms with van der Waals surface area (Å²) < 4.78 is 0. The molecular weight excluding hydrogens is 388 g/mol. The minimum absolute atomic E-state index is 0.100. The van der Waals surface area contributed by atoms with Crippen molar-refractivity contribution in [2.75, 3.05) is 25.4 Å². The molecular formula is C22H34N2O2S2. The summed E-state index contributed by atoms with van der Waals surface area (Å²) in [5, 5.41) is 1.97. The van der Waals surface area contributed by atoms with Crippen LogP contribution < -0.4 is 0 Å². The molecule has 0 radical (unpaired) electrons. The van der Waals surface area contributed by atoms with Gasteiger partial charge in [0.05, 0.1) is 9.75 Å². The maximum absolute atomic E-state index is 12.9. The fourth-order valence-electron chi connectivity index (χ4n) is 4.34. The highest BCUT2D eigenvalue weighted by molar-refractivity contribution is 8.00. The number of thioether (sulfide) groups is 1. The van der Waals surface area contributed by atoms with E-state index in [9.17, 15) is 9.59 Å². The number of hydrogen-bond acceptors (Lipinski definition) is 4. The smallest absolute Gasteiger partial charge is 0.265 e. The molecule has 28 heavy (non-hydrogen) atoms. The summed E-state index contributed by atoms with van der Waals surface area (Å²) in [6, 6.07) is 3.86. The first-order chi connectivity index (χ1) is 13.7. The molecule has 2 aliphatic heterocycles. The zero-order valence-electron chi connectivity index (χ0n) is 17.2. The molecule has 6 heteroatoms. The number of hydrogen-bond donors (Lipinski definition) is 0. The Morgan fingerprint density at radius 2 is 1.75 bits per heavy atom. The van der Waals surface area contributed by atoms with Crippen LogP contribution in [0.1, 0.15) is 80.8 Å². The molecule has 2 fully saturated rings. The number of piperidine rings is 1. The average Bonchev–Trinajstić information content (AvgIpc) is 3.38. The second-order valence-electron chi connectivity index (χ2n) is 7.98. The lowest BCUT2D eigenvalue weighted by molar-refractivity contribution is -0.132. The first-order valence-electron chi connectivity index (χ1n) is 10.9. The fraction of sp³-hybridized carbons (Fsp3) is 0.727. The SMILES string of the molecule is CCCCCCCCCC(=O)N1CCC2(CC1)SCCN2C(=O)c1cccs1. The van der Waals surface area contributed by atoms with Crippen molar-refractivity contribution in [2.24, 2.45) is 0 Å². The molecule has 0 N–H and O–H groups in total. The van der Waals surface area contributed by atoms with E-state index < -0.39 is 0 Å². The number of thiophene rings is 1. The largest absolute Gasteiger partial charge is 0.342 e. The molecule has 0 saturated carbocycles. The monoisotopic (exact) mass is 422 g/mol. The lowest BCUT2D eigenvalue weighted by atomic mass is 10.0. The lowest BCUT2D eigenvalue weighted by Crippen LogP contribution is -2.53. The number of nitrogens with zero attached hydrogens (tertiary/aromatic N) is 2. The molecule has 2 amide bonds. The van der Waals surface area contributed by atoms with Gasteiger partial charge < -0.3 is 9.80 Å². The van der Waals surface area contributed by atoms with E-state index in [1.165, 1.54) is 49.9 Å². The normalized spacial score (nSPS) is 18.8. The van der Waals surface area contributed by atoms with E-state index in [1.807, 2.05) is 34.2 Å². The molecule has 0 aromatic carbocycles. The van der Waals surface area contributed by atoms with Gasteiger partial charge in [-0.15, -0.1) is 23.1 Å². The Balaban J connectivity index is 1.42. The zero-order valence-corrected chi connectivity index (χ0v) is 18.8. The molecule has 3 rings (SSSR count). The predicted molar refractivity (Wildman–Crippen MR) is 119 cm³/mol. The van der Waals surface area contributed by atoms with Gasteiger partial charge in [-0.1, -0.05) is 51.5 Å². The van der Waals surface area contributed by atoms with E-state index in [4.69, 9.17) is 0 Å². The van der Waals surface area contributed by atoms with Crippen LogP contribution in [0.4, 0.5) is 0 Å². The quantitative estimate of drug-likeness (QED) is 0.501. The van der Waals surface area contributed by atoms with E-state index in [2.05, 4.69) is 11.8 Å². The number of amides is 2. The minimum atomic E-state index is -0.100. The summed E-state index contributed by atoms with van der Waals surface area (Å²) in [6.07, 6.45) is 11.2. The topological polar surface area (TPSA) is 40.6 Å². The van der Waals surface area contributed by atoms with Crippen LogP contribution in [0.15, 0.2) is 17.5 Å². The Morgan fingerprint density at radius 3 is 2.43 bits per heavy atom. The molecule has 0 bridgehead atoms. The standard InChI is InChI=1S/C22H34N2O2S2/c1-2-3-4-5-6-7-8-11-20(25)23-14-12-22(13-15-23)24(16-18-28-22)21(26)19-10-9-17-27-19/h9-10,17H,2-8,11-16,18H2,1H3. The van der Waals surface area contributed by atoms with Gasteiger partial charge in [0.2, 0.25) is 5.91 Å². The van der Waals surface area contributed by atoms with Gasteiger partial charge in [-0.25, -0.2) is 0 Å². The second-order valence-corrected chi connectivity index (χ2v) is 10.4. The predicted octanol–water partition coefficient (Wildman–Crippen LogP) is 5.40. The Kier molecular flexibility index (Phi) is 8.27. The van der Waals surface area contributed by atoms with Crippen LogP contribution in [0.25, 0.3) is 0 Å². The maximum Gasteiger partial charge on any atom is 0.265 e. The molecule has 1 aromatic rings. The highest BCUT2D eigenvalue weighted by Gasteiger charge is 2.47. The van der Waals surface area contributed by atoms with Crippen molar-refractivity contribution < 1.29 is 9.59 Å². The first-order valence-corrected chi connectivity index (χ1v) is 12.8.